The van der Waals surface area contributed by atoms with E-state index >= 15 is 0 Å². The highest BCUT2D eigenvalue weighted by Gasteiger charge is 2.13. The van der Waals surface area contributed by atoms with Crippen LogP contribution in [0.5, 0.6) is 0 Å². The van der Waals surface area contributed by atoms with Gasteiger partial charge in [-0.05, 0) is 31.3 Å². The van der Waals surface area contributed by atoms with Crippen LogP contribution in [0, 0.1) is 0 Å². The Morgan fingerprint density at radius 3 is 2.48 bits per heavy atom. The molecular formula is C15H19N5O. The molecule has 3 rings (SSSR count). The van der Waals surface area contributed by atoms with E-state index < -0.39 is 0 Å². The van der Waals surface area contributed by atoms with Crippen LogP contribution in [0.2, 0.25) is 0 Å². The lowest BCUT2D eigenvalue weighted by atomic mass is 10.2. The van der Waals surface area contributed by atoms with Crippen LogP contribution in [0.1, 0.15) is 0 Å². The van der Waals surface area contributed by atoms with Crippen molar-refractivity contribution in [2.24, 2.45) is 0 Å². The lowest BCUT2D eigenvalue weighted by Crippen LogP contribution is -2.44. The van der Waals surface area contributed by atoms with E-state index in [0.717, 1.165) is 31.9 Å². The van der Waals surface area contributed by atoms with Gasteiger partial charge in [0, 0.05) is 49.8 Å². The van der Waals surface area contributed by atoms with Crippen LogP contribution in [0.15, 0.2) is 41.3 Å². The molecule has 6 nitrogen and oxygen atoms in total. The number of rotatable bonds is 3. The second kappa shape index (κ2) is 5.97. The van der Waals surface area contributed by atoms with Crippen molar-refractivity contribution in [2.75, 3.05) is 43.4 Å². The standard InChI is InChI=1S/C15H19N5O/c1-19-8-10-20(11-9-19)13-4-2-12(3-5-13)17-15-16-7-6-14(21)18-15/h2-7H,8-11H2,1H3,(H2,16,17,18,21). The van der Waals surface area contributed by atoms with E-state index in [1.807, 2.05) is 12.1 Å². The van der Waals surface area contributed by atoms with E-state index in [1.165, 1.54) is 18.0 Å². The van der Waals surface area contributed by atoms with Crippen LogP contribution in [0.25, 0.3) is 0 Å². The van der Waals surface area contributed by atoms with Gasteiger partial charge in [-0.15, -0.1) is 0 Å². The molecule has 0 amide bonds. The summed E-state index contributed by atoms with van der Waals surface area (Å²) in [6.07, 6.45) is 1.49. The smallest absolute Gasteiger partial charge is 0.252 e. The van der Waals surface area contributed by atoms with E-state index in [9.17, 15) is 4.79 Å². The number of H-pyrrole nitrogens is 1. The van der Waals surface area contributed by atoms with Crippen molar-refractivity contribution in [1.29, 1.82) is 0 Å². The number of hydrogen-bond acceptors (Lipinski definition) is 5. The Bertz CT molecular complexity index is 644. The molecule has 1 fully saturated rings. The van der Waals surface area contributed by atoms with Crippen LogP contribution in [-0.2, 0) is 0 Å². The Morgan fingerprint density at radius 2 is 1.81 bits per heavy atom. The fourth-order valence-corrected chi connectivity index (χ4v) is 2.39. The first kappa shape index (κ1) is 13.6. The van der Waals surface area contributed by atoms with Crippen LogP contribution in [-0.4, -0.2) is 48.1 Å². The van der Waals surface area contributed by atoms with Gasteiger partial charge in [-0.25, -0.2) is 4.98 Å². The number of nitrogens with zero attached hydrogens (tertiary/aromatic N) is 3. The summed E-state index contributed by atoms with van der Waals surface area (Å²) >= 11 is 0. The van der Waals surface area contributed by atoms with Gasteiger partial charge in [0.05, 0.1) is 0 Å². The molecule has 1 aromatic heterocycles. The summed E-state index contributed by atoms with van der Waals surface area (Å²) in [4.78, 5) is 22.7. The lowest BCUT2D eigenvalue weighted by Gasteiger charge is -2.34. The zero-order chi connectivity index (χ0) is 14.7. The highest BCUT2D eigenvalue weighted by atomic mass is 16.1. The van der Waals surface area contributed by atoms with Crippen molar-refractivity contribution >= 4 is 17.3 Å². The summed E-state index contributed by atoms with van der Waals surface area (Å²) in [5, 5.41) is 3.09. The molecule has 21 heavy (non-hydrogen) atoms. The van der Waals surface area contributed by atoms with E-state index in [1.54, 1.807) is 0 Å². The molecule has 1 aliphatic rings. The van der Waals surface area contributed by atoms with Gasteiger partial charge in [-0.3, -0.25) is 9.78 Å². The number of piperazine rings is 1. The maximum Gasteiger partial charge on any atom is 0.252 e. The SMILES string of the molecule is CN1CCN(c2ccc(Nc3nccc(=O)[nH]3)cc2)CC1. The lowest BCUT2D eigenvalue weighted by molar-refractivity contribution is 0.313. The maximum absolute atomic E-state index is 11.2. The van der Waals surface area contributed by atoms with E-state index in [4.69, 9.17) is 0 Å². The third-order valence-electron chi connectivity index (χ3n) is 3.67. The largest absolute Gasteiger partial charge is 0.369 e. The molecule has 2 aromatic rings. The Labute approximate surface area is 123 Å². The monoisotopic (exact) mass is 285 g/mol. The molecule has 0 unspecified atom stereocenters. The Kier molecular flexibility index (Phi) is 3.87. The second-order valence-corrected chi connectivity index (χ2v) is 5.24. The van der Waals surface area contributed by atoms with Crippen LogP contribution < -0.4 is 15.8 Å². The first-order chi connectivity index (χ1) is 10.2. The number of benzene rings is 1. The van der Waals surface area contributed by atoms with E-state index in [2.05, 4.69) is 44.3 Å². The van der Waals surface area contributed by atoms with E-state index in [0.29, 0.717) is 5.95 Å². The average molecular weight is 285 g/mol. The number of aromatic nitrogens is 2. The van der Waals surface area contributed by atoms with Crippen molar-refractivity contribution in [3.63, 3.8) is 0 Å². The molecular weight excluding hydrogens is 266 g/mol. The van der Waals surface area contributed by atoms with Gasteiger partial charge < -0.3 is 15.1 Å². The summed E-state index contributed by atoms with van der Waals surface area (Å²) in [6.45, 7) is 4.29. The molecule has 1 saturated heterocycles. The van der Waals surface area contributed by atoms with Gasteiger partial charge in [-0.2, -0.15) is 0 Å². The molecule has 0 radical (unpaired) electrons. The van der Waals surface area contributed by atoms with Crippen molar-refractivity contribution in [3.05, 3.63) is 46.9 Å². The first-order valence-electron chi connectivity index (χ1n) is 7.07. The van der Waals surface area contributed by atoms with Gasteiger partial charge in [0.2, 0.25) is 5.95 Å². The molecule has 1 aromatic carbocycles. The zero-order valence-corrected chi connectivity index (χ0v) is 12.0. The molecule has 0 saturated carbocycles. The number of nitrogens with one attached hydrogen (secondary N) is 2. The fourth-order valence-electron chi connectivity index (χ4n) is 2.39. The van der Waals surface area contributed by atoms with Gasteiger partial charge in [-0.1, -0.05) is 0 Å². The van der Waals surface area contributed by atoms with Crippen molar-refractivity contribution < 1.29 is 0 Å². The van der Waals surface area contributed by atoms with Gasteiger partial charge in [0.15, 0.2) is 0 Å². The third-order valence-corrected chi connectivity index (χ3v) is 3.67. The van der Waals surface area contributed by atoms with Crippen LogP contribution in [0.3, 0.4) is 0 Å². The Morgan fingerprint density at radius 1 is 1.10 bits per heavy atom. The Balaban J connectivity index is 1.68. The molecule has 1 aliphatic heterocycles. The molecule has 0 aliphatic carbocycles. The number of hydrogen-bond donors (Lipinski definition) is 2. The first-order valence-corrected chi connectivity index (χ1v) is 7.07. The predicted molar refractivity (Wildman–Crippen MR) is 84.3 cm³/mol. The summed E-state index contributed by atoms with van der Waals surface area (Å²) in [7, 11) is 2.15. The molecule has 6 heteroatoms. The average Bonchev–Trinajstić information content (AvgIpc) is 2.49. The van der Waals surface area contributed by atoms with Crippen molar-refractivity contribution in [1.82, 2.24) is 14.9 Å². The Hall–Kier alpha value is -2.34. The minimum Gasteiger partial charge on any atom is -0.369 e. The summed E-state index contributed by atoms with van der Waals surface area (Å²) in [5.41, 5.74) is 1.96. The van der Waals surface area contributed by atoms with Gasteiger partial charge in [0.1, 0.15) is 0 Å². The summed E-state index contributed by atoms with van der Waals surface area (Å²) < 4.78 is 0. The highest BCUT2D eigenvalue weighted by Crippen LogP contribution is 2.20. The molecule has 0 spiro atoms. The van der Waals surface area contributed by atoms with Gasteiger partial charge in [0.25, 0.3) is 5.56 Å². The normalized spacial score (nSPS) is 16.0. The maximum atomic E-state index is 11.2. The molecule has 0 bridgehead atoms. The quantitative estimate of drug-likeness (QED) is 0.889. The number of likely N-dealkylation sites (N-methyl/N-ethyl adjacent to an activating group) is 1. The van der Waals surface area contributed by atoms with Gasteiger partial charge >= 0.3 is 0 Å². The topological polar surface area (TPSA) is 64.3 Å². The number of anilines is 3. The summed E-state index contributed by atoms with van der Waals surface area (Å²) in [5.74, 6) is 0.454. The molecule has 2 heterocycles. The molecule has 0 atom stereocenters. The van der Waals surface area contributed by atoms with Crippen LogP contribution in [0.4, 0.5) is 17.3 Å². The fraction of sp³-hybridized carbons (Fsp3) is 0.333. The van der Waals surface area contributed by atoms with Crippen molar-refractivity contribution in [3.8, 4) is 0 Å². The number of aromatic amines is 1. The van der Waals surface area contributed by atoms with Crippen LogP contribution >= 0.6 is 0 Å². The molecule has 110 valence electrons. The third kappa shape index (κ3) is 3.41. The minimum absolute atomic E-state index is 0.165. The minimum atomic E-state index is -0.165. The highest BCUT2D eigenvalue weighted by molar-refractivity contribution is 5.59. The zero-order valence-electron chi connectivity index (χ0n) is 12.0. The second-order valence-electron chi connectivity index (χ2n) is 5.24. The van der Waals surface area contributed by atoms with E-state index in [-0.39, 0.29) is 5.56 Å². The van der Waals surface area contributed by atoms with Crippen molar-refractivity contribution in [2.45, 2.75) is 0 Å². The predicted octanol–water partition coefficient (Wildman–Crippen LogP) is 1.27. The summed E-state index contributed by atoms with van der Waals surface area (Å²) in [6, 6.07) is 9.58. The molecule has 2 N–H and O–H groups in total.